The van der Waals surface area contributed by atoms with Crippen molar-refractivity contribution in [3.05, 3.63) is 0 Å². The van der Waals surface area contributed by atoms with Gasteiger partial charge in [-0.05, 0) is 69.6 Å². The summed E-state index contributed by atoms with van der Waals surface area (Å²) in [5.74, 6) is -0.128. The average Bonchev–Trinajstić information content (AvgIpc) is 2.83. The summed E-state index contributed by atoms with van der Waals surface area (Å²) in [5, 5.41) is 0. The number of rotatable bonds is 1. The quantitative estimate of drug-likeness (QED) is 0.653. The molecule has 134 valence electrons. The first-order valence-electron chi connectivity index (χ1n) is 9.81. The van der Waals surface area contributed by atoms with Crippen LogP contribution in [0.3, 0.4) is 0 Å². The van der Waals surface area contributed by atoms with Crippen LogP contribution in [-0.2, 0) is 9.53 Å². The van der Waals surface area contributed by atoms with Gasteiger partial charge in [-0.15, -0.1) is 0 Å². The molecule has 1 spiro atoms. The Hall–Kier alpha value is -0.670. The number of halogens is 2. The summed E-state index contributed by atoms with van der Waals surface area (Å²) in [7, 11) is 0. The van der Waals surface area contributed by atoms with Crippen LogP contribution in [0.1, 0.15) is 65.2 Å². The molecule has 2 unspecified atom stereocenters. The van der Waals surface area contributed by atoms with E-state index in [1.54, 1.807) is 0 Å². The van der Waals surface area contributed by atoms with E-state index in [9.17, 15) is 9.18 Å². The second-order valence-electron chi connectivity index (χ2n) is 9.83. The SMILES string of the molecule is CC1CC[C@]23C[C@@]1(F)CCC2[C@@]12CCC[C@@](C)(C(=O)O1)[C@H]2[C@@H]3CF. The second kappa shape index (κ2) is 4.35. The Kier molecular flexibility index (Phi) is 2.82. The normalized spacial score (nSPS) is 61.2. The van der Waals surface area contributed by atoms with Crippen molar-refractivity contribution < 1.29 is 18.3 Å². The minimum Gasteiger partial charge on any atom is -0.458 e. The Morgan fingerprint density at radius 3 is 2.75 bits per heavy atom. The van der Waals surface area contributed by atoms with Crippen LogP contribution in [-0.4, -0.2) is 23.9 Å². The van der Waals surface area contributed by atoms with E-state index in [-0.39, 0.29) is 35.1 Å². The number of hydrogen-bond donors (Lipinski definition) is 0. The summed E-state index contributed by atoms with van der Waals surface area (Å²) in [6.45, 7) is 3.58. The van der Waals surface area contributed by atoms with Crippen molar-refractivity contribution >= 4 is 5.97 Å². The molecule has 5 rings (SSSR count). The van der Waals surface area contributed by atoms with E-state index in [0.29, 0.717) is 12.8 Å². The molecule has 1 aliphatic heterocycles. The van der Waals surface area contributed by atoms with Gasteiger partial charge in [-0.2, -0.15) is 0 Å². The first-order chi connectivity index (χ1) is 11.3. The Labute approximate surface area is 142 Å². The Bertz CT molecular complexity index is 608. The molecule has 4 heteroatoms. The molecule has 0 radical (unpaired) electrons. The molecule has 0 aromatic heterocycles. The van der Waals surface area contributed by atoms with Gasteiger partial charge < -0.3 is 4.74 Å². The van der Waals surface area contributed by atoms with Gasteiger partial charge in [-0.3, -0.25) is 9.18 Å². The molecule has 5 aliphatic rings. The topological polar surface area (TPSA) is 26.3 Å². The molecule has 5 fully saturated rings. The third-order valence-corrected chi connectivity index (χ3v) is 9.21. The van der Waals surface area contributed by atoms with Crippen LogP contribution in [0.2, 0.25) is 0 Å². The zero-order valence-corrected chi connectivity index (χ0v) is 14.7. The molecule has 0 amide bonds. The monoisotopic (exact) mass is 338 g/mol. The van der Waals surface area contributed by atoms with E-state index in [2.05, 4.69) is 0 Å². The van der Waals surface area contributed by atoms with E-state index in [4.69, 9.17) is 4.74 Å². The highest BCUT2D eigenvalue weighted by atomic mass is 19.1. The van der Waals surface area contributed by atoms with Gasteiger partial charge in [0.25, 0.3) is 0 Å². The van der Waals surface area contributed by atoms with Crippen LogP contribution in [0.15, 0.2) is 0 Å². The maximum absolute atomic E-state index is 15.6. The van der Waals surface area contributed by atoms with Gasteiger partial charge in [0.1, 0.15) is 11.3 Å². The van der Waals surface area contributed by atoms with Crippen LogP contribution in [0.25, 0.3) is 0 Å². The summed E-state index contributed by atoms with van der Waals surface area (Å²) in [6, 6.07) is 0. The number of alkyl halides is 2. The summed E-state index contributed by atoms with van der Waals surface area (Å²) >= 11 is 0. The maximum Gasteiger partial charge on any atom is 0.312 e. The van der Waals surface area contributed by atoms with Crippen LogP contribution in [0.5, 0.6) is 0 Å². The molecule has 24 heavy (non-hydrogen) atoms. The third-order valence-electron chi connectivity index (χ3n) is 9.21. The minimum absolute atomic E-state index is 0.0444. The molecule has 0 aromatic carbocycles. The molecule has 2 nitrogen and oxygen atoms in total. The highest BCUT2D eigenvalue weighted by Crippen LogP contribution is 2.77. The van der Waals surface area contributed by atoms with Gasteiger partial charge in [0.05, 0.1) is 12.1 Å². The largest absolute Gasteiger partial charge is 0.458 e. The average molecular weight is 338 g/mol. The first kappa shape index (κ1) is 15.6. The molecule has 8 atom stereocenters. The van der Waals surface area contributed by atoms with Crippen LogP contribution in [0, 0.1) is 34.5 Å². The summed E-state index contributed by atoms with van der Waals surface area (Å²) in [5.41, 5.74) is -2.48. The van der Waals surface area contributed by atoms with Crippen molar-refractivity contribution in [1.29, 1.82) is 0 Å². The highest BCUT2D eigenvalue weighted by Gasteiger charge is 2.80. The number of ether oxygens (including phenoxy) is 1. The summed E-state index contributed by atoms with van der Waals surface area (Å²) in [6.07, 6.45) is 6.20. The van der Waals surface area contributed by atoms with E-state index in [1.165, 1.54) is 0 Å². The molecule has 1 saturated heterocycles. The van der Waals surface area contributed by atoms with Crippen molar-refractivity contribution in [2.75, 3.05) is 6.67 Å². The summed E-state index contributed by atoms with van der Waals surface area (Å²) in [4.78, 5) is 12.7. The lowest BCUT2D eigenvalue weighted by atomic mass is 9.50. The number of esters is 1. The standard InChI is InChI=1S/C20H28F2O2/c1-12-4-8-18-11-19(12,22)9-5-14(18)20-7-3-6-17(2,16(23)24-20)15(20)13(18)10-21/h12-15H,3-11H2,1-2H3/t12?,13-,14?,15+,17+,18+,19-,20+/m0/s1. The van der Waals surface area contributed by atoms with Crippen molar-refractivity contribution in [2.24, 2.45) is 34.5 Å². The van der Waals surface area contributed by atoms with E-state index in [1.807, 2.05) is 13.8 Å². The van der Waals surface area contributed by atoms with Crippen LogP contribution >= 0.6 is 0 Å². The van der Waals surface area contributed by atoms with Gasteiger partial charge in [-0.1, -0.05) is 6.92 Å². The van der Waals surface area contributed by atoms with Crippen molar-refractivity contribution in [2.45, 2.75) is 76.5 Å². The molecule has 1 heterocycles. The predicted octanol–water partition coefficient (Wildman–Crippen LogP) is 4.61. The lowest BCUT2D eigenvalue weighted by molar-refractivity contribution is -0.171. The van der Waals surface area contributed by atoms with Gasteiger partial charge in [0.15, 0.2) is 0 Å². The van der Waals surface area contributed by atoms with Gasteiger partial charge in [0, 0.05) is 17.8 Å². The Morgan fingerprint density at radius 1 is 1.21 bits per heavy atom. The number of carbonyl (C=O) groups excluding carboxylic acids is 1. The fourth-order valence-electron chi connectivity index (χ4n) is 8.20. The zero-order valence-electron chi connectivity index (χ0n) is 14.7. The lowest BCUT2D eigenvalue weighted by Crippen LogP contribution is -2.55. The van der Waals surface area contributed by atoms with Crippen molar-refractivity contribution in [1.82, 2.24) is 0 Å². The first-order valence-corrected chi connectivity index (χ1v) is 9.81. The van der Waals surface area contributed by atoms with Crippen LogP contribution in [0.4, 0.5) is 8.78 Å². The van der Waals surface area contributed by atoms with E-state index >= 15 is 4.39 Å². The fourth-order valence-corrected chi connectivity index (χ4v) is 8.20. The van der Waals surface area contributed by atoms with Gasteiger partial charge >= 0.3 is 5.97 Å². The number of hydrogen-bond acceptors (Lipinski definition) is 2. The number of fused-ring (bicyclic) bond motifs is 1. The zero-order chi connectivity index (χ0) is 17.0. The van der Waals surface area contributed by atoms with Gasteiger partial charge in [0.2, 0.25) is 0 Å². The molecular formula is C20H28F2O2. The predicted molar refractivity (Wildman–Crippen MR) is 85.7 cm³/mol. The molecular weight excluding hydrogens is 310 g/mol. The fraction of sp³-hybridized carbons (Fsp3) is 0.950. The Morgan fingerprint density at radius 2 is 2.00 bits per heavy atom. The molecule has 0 aromatic rings. The second-order valence-corrected chi connectivity index (χ2v) is 9.83. The minimum atomic E-state index is -1.14. The summed E-state index contributed by atoms with van der Waals surface area (Å²) < 4.78 is 36.1. The van der Waals surface area contributed by atoms with Crippen molar-refractivity contribution in [3.8, 4) is 0 Å². The third kappa shape index (κ3) is 1.44. The molecule has 4 saturated carbocycles. The Balaban J connectivity index is 1.68. The maximum atomic E-state index is 15.6. The number of carbonyl (C=O) groups is 1. The smallest absolute Gasteiger partial charge is 0.312 e. The molecule has 4 bridgehead atoms. The van der Waals surface area contributed by atoms with Crippen LogP contribution < -0.4 is 0 Å². The lowest BCUT2D eigenvalue weighted by Gasteiger charge is -2.56. The van der Waals surface area contributed by atoms with E-state index < -0.39 is 23.4 Å². The molecule has 4 aliphatic carbocycles. The molecule has 0 N–H and O–H groups in total. The van der Waals surface area contributed by atoms with E-state index in [0.717, 1.165) is 38.5 Å². The highest BCUT2D eigenvalue weighted by molar-refractivity contribution is 5.81. The van der Waals surface area contributed by atoms with Crippen molar-refractivity contribution in [3.63, 3.8) is 0 Å². The van der Waals surface area contributed by atoms with Gasteiger partial charge in [-0.25, -0.2) is 4.39 Å².